The summed E-state index contributed by atoms with van der Waals surface area (Å²) in [6.45, 7) is 2.80. The van der Waals surface area contributed by atoms with Crippen LogP contribution in [0.5, 0.6) is 0 Å². The summed E-state index contributed by atoms with van der Waals surface area (Å²) in [5, 5.41) is -0.237. The van der Waals surface area contributed by atoms with Gasteiger partial charge in [0.05, 0.1) is 9.92 Å². The zero-order chi connectivity index (χ0) is 20.5. The lowest BCUT2D eigenvalue weighted by Gasteiger charge is -2.34. The fourth-order valence-corrected chi connectivity index (χ4v) is 5.18. The van der Waals surface area contributed by atoms with Crippen LogP contribution < -0.4 is 0 Å². The molecule has 0 aromatic heterocycles. The van der Waals surface area contributed by atoms with Gasteiger partial charge in [0.25, 0.3) is 5.91 Å². The first kappa shape index (κ1) is 21.1. The lowest BCUT2D eigenvalue weighted by Crippen LogP contribution is -2.50. The van der Waals surface area contributed by atoms with Crippen LogP contribution >= 0.6 is 23.4 Å². The van der Waals surface area contributed by atoms with E-state index >= 15 is 0 Å². The zero-order valence-corrected chi connectivity index (χ0v) is 17.9. The average Bonchev–Trinajstić information content (AvgIpc) is 2.70. The summed E-state index contributed by atoms with van der Waals surface area (Å²) in [5.74, 6) is -0.769. The van der Waals surface area contributed by atoms with Crippen molar-refractivity contribution in [3.05, 3.63) is 58.4 Å². The van der Waals surface area contributed by atoms with Crippen LogP contribution in [0.4, 0.5) is 4.39 Å². The third-order valence-corrected chi connectivity index (χ3v) is 7.64. The molecule has 1 amide bonds. The Hall–Kier alpha value is -1.61. The highest BCUT2D eigenvalue weighted by Crippen LogP contribution is 2.24. The predicted octanol–water partition coefficient (Wildman–Crippen LogP) is 3.66. The fraction of sp³-hybridized carbons (Fsp3) is 0.316. The topological polar surface area (TPSA) is 57.7 Å². The number of sulfonamides is 1. The molecule has 2 aromatic rings. The summed E-state index contributed by atoms with van der Waals surface area (Å²) in [6, 6.07) is 9.10. The van der Waals surface area contributed by atoms with Crippen molar-refractivity contribution < 1.29 is 17.6 Å². The summed E-state index contributed by atoms with van der Waals surface area (Å²) in [6.07, 6.45) is 1.95. The standard InChI is InChI=1S/C19H20ClFN2O3S2/c1-13-3-4-14(27-2)11-16(13)19(24)22-7-9-23(10-8-22)28(25,26)15-5-6-18(21)17(20)12-15/h3-6,11-12H,7-10H2,1-2H3. The lowest BCUT2D eigenvalue weighted by molar-refractivity contribution is 0.0697. The molecule has 0 radical (unpaired) electrons. The molecule has 0 unspecified atom stereocenters. The molecule has 150 valence electrons. The van der Waals surface area contributed by atoms with Crippen molar-refractivity contribution in [2.75, 3.05) is 32.4 Å². The molecule has 1 saturated heterocycles. The summed E-state index contributed by atoms with van der Waals surface area (Å²) < 4.78 is 40.2. The maximum absolute atomic E-state index is 13.3. The summed E-state index contributed by atoms with van der Waals surface area (Å²) in [5.41, 5.74) is 1.52. The smallest absolute Gasteiger partial charge is 0.254 e. The number of rotatable bonds is 4. The van der Waals surface area contributed by atoms with E-state index in [1.165, 1.54) is 10.4 Å². The highest BCUT2D eigenvalue weighted by atomic mass is 35.5. The number of carbonyl (C=O) groups excluding carboxylic acids is 1. The van der Waals surface area contributed by atoms with Crippen LogP contribution in [-0.2, 0) is 10.0 Å². The van der Waals surface area contributed by atoms with Gasteiger partial charge in [0, 0.05) is 36.6 Å². The van der Waals surface area contributed by atoms with Crippen LogP contribution in [0.3, 0.4) is 0 Å². The number of carbonyl (C=O) groups is 1. The van der Waals surface area contributed by atoms with E-state index in [4.69, 9.17) is 11.6 Å². The number of aryl methyl sites for hydroxylation is 1. The van der Waals surface area contributed by atoms with E-state index in [1.807, 2.05) is 31.4 Å². The Bertz CT molecular complexity index is 1010. The predicted molar refractivity (Wildman–Crippen MR) is 109 cm³/mol. The van der Waals surface area contributed by atoms with Crippen molar-refractivity contribution in [1.29, 1.82) is 0 Å². The molecule has 1 aliphatic heterocycles. The minimum atomic E-state index is -3.79. The van der Waals surface area contributed by atoms with Crippen molar-refractivity contribution in [1.82, 2.24) is 9.21 Å². The molecule has 5 nitrogen and oxygen atoms in total. The van der Waals surface area contributed by atoms with Gasteiger partial charge in [-0.3, -0.25) is 4.79 Å². The largest absolute Gasteiger partial charge is 0.336 e. The second-order valence-corrected chi connectivity index (χ2v) is 9.68. The van der Waals surface area contributed by atoms with Crippen molar-refractivity contribution in [3.8, 4) is 0 Å². The molecule has 9 heteroatoms. The van der Waals surface area contributed by atoms with Crippen LogP contribution in [0.2, 0.25) is 5.02 Å². The maximum atomic E-state index is 13.3. The third-order valence-electron chi connectivity index (χ3n) is 4.73. The highest BCUT2D eigenvalue weighted by molar-refractivity contribution is 7.98. The Balaban J connectivity index is 1.73. The van der Waals surface area contributed by atoms with E-state index in [2.05, 4.69) is 0 Å². The molecule has 1 heterocycles. The number of nitrogens with zero attached hydrogens (tertiary/aromatic N) is 2. The SMILES string of the molecule is CSc1ccc(C)c(C(=O)N2CCN(S(=O)(=O)c3ccc(F)c(Cl)c3)CC2)c1. The van der Waals surface area contributed by atoms with Crippen molar-refractivity contribution in [2.24, 2.45) is 0 Å². The summed E-state index contributed by atoms with van der Waals surface area (Å²) in [7, 11) is -3.79. The monoisotopic (exact) mass is 442 g/mol. The molecule has 0 spiro atoms. The molecule has 3 rings (SSSR count). The minimum absolute atomic E-state index is 0.0535. The molecule has 0 saturated carbocycles. The highest BCUT2D eigenvalue weighted by Gasteiger charge is 2.31. The van der Waals surface area contributed by atoms with Crippen LogP contribution in [0.25, 0.3) is 0 Å². The van der Waals surface area contributed by atoms with E-state index in [0.717, 1.165) is 22.6 Å². The van der Waals surface area contributed by atoms with Crippen molar-refractivity contribution in [2.45, 2.75) is 16.7 Å². The number of halogens is 2. The number of benzene rings is 2. The minimum Gasteiger partial charge on any atom is -0.336 e. The second kappa shape index (κ2) is 8.41. The Labute approximate surface area is 173 Å². The quantitative estimate of drug-likeness (QED) is 0.678. The van der Waals surface area contributed by atoms with Crippen LogP contribution in [0.15, 0.2) is 46.2 Å². The molecular weight excluding hydrogens is 423 g/mol. The van der Waals surface area contributed by atoms with Crippen molar-refractivity contribution >= 4 is 39.3 Å². The van der Waals surface area contributed by atoms with E-state index in [0.29, 0.717) is 5.56 Å². The first-order chi connectivity index (χ1) is 13.2. The Morgan fingerprint density at radius 2 is 1.79 bits per heavy atom. The van der Waals surface area contributed by atoms with Gasteiger partial charge < -0.3 is 4.90 Å². The fourth-order valence-electron chi connectivity index (χ4n) is 3.05. The number of piperazine rings is 1. The molecule has 0 N–H and O–H groups in total. The van der Waals surface area contributed by atoms with Gasteiger partial charge >= 0.3 is 0 Å². The average molecular weight is 443 g/mol. The molecular formula is C19H20ClFN2O3S2. The van der Waals surface area contributed by atoms with Gasteiger partial charge in [-0.1, -0.05) is 17.7 Å². The summed E-state index contributed by atoms with van der Waals surface area (Å²) in [4.78, 5) is 15.5. The first-order valence-corrected chi connectivity index (χ1v) is 11.7. The van der Waals surface area contributed by atoms with Crippen LogP contribution in [0.1, 0.15) is 15.9 Å². The van der Waals surface area contributed by atoms with Crippen LogP contribution in [-0.4, -0.2) is 56.0 Å². The molecule has 2 aromatic carbocycles. The van der Waals surface area contributed by atoms with E-state index in [1.54, 1.807) is 16.7 Å². The van der Waals surface area contributed by atoms with E-state index < -0.39 is 15.8 Å². The molecule has 1 fully saturated rings. The molecule has 28 heavy (non-hydrogen) atoms. The Kier molecular flexibility index (Phi) is 6.34. The van der Waals surface area contributed by atoms with Gasteiger partial charge in [0.1, 0.15) is 5.82 Å². The van der Waals surface area contributed by atoms with Gasteiger partial charge in [0.15, 0.2) is 0 Å². The van der Waals surface area contributed by atoms with Gasteiger partial charge in [0.2, 0.25) is 10.0 Å². The number of hydrogen-bond donors (Lipinski definition) is 0. The van der Waals surface area contributed by atoms with E-state index in [9.17, 15) is 17.6 Å². The van der Waals surface area contributed by atoms with Gasteiger partial charge in [-0.05, 0) is 49.1 Å². The first-order valence-electron chi connectivity index (χ1n) is 8.63. The lowest BCUT2D eigenvalue weighted by atomic mass is 10.1. The van der Waals surface area contributed by atoms with E-state index in [-0.39, 0.29) is 42.0 Å². The Morgan fingerprint density at radius 3 is 2.39 bits per heavy atom. The van der Waals surface area contributed by atoms with Gasteiger partial charge in [-0.15, -0.1) is 11.8 Å². The number of thioether (sulfide) groups is 1. The maximum Gasteiger partial charge on any atom is 0.254 e. The van der Waals surface area contributed by atoms with Crippen LogP contribution in [0, 0.1) is 12.7 Å². The van der Waals surface area contributed by atoms with Crippen molar-refractivity contribution in [3.63, 3.8) is 0 Å². The zero-order valence-electron chi connectivity index (χ0n) is 15.5. The Morgan fingerprint density at radius 1 is 1.11 bits per heavy atom. The number of amides is 1. The third kappa shape index (κ3) is 4.20. The second-order valence-electron chi connectivity index (χ2n) is 6.45. The number of hydrogen-bond acceptors (Lipinski definition) is 4. The molecule has 1 aliphatic rings. The molecule has 0 bridgehead atoms. The normalized spacial score (nSPS) is 15.6. The molecule has 0 atom stereocenters. The summed E-state index contributed by atoms with van der Waals surface area (Å²) >= 11 is 7.28. The molecule has 0 aliphatic carbocycles. The van der Waals surface area contributed by atoms with Gasteiger partial charge in [-0.2, -0.15) is 4.31 Å². The van der Waals surface area contributed by atoms with Gasteiger partial charge in [-0.25, -0.2) is 12.8 Å².